The van der Waals surface area contributed by atoms with Crippen LogP contribution in [0.4, 0.5) is 0 Å². The van der Waals surface area contributed by atoms with E-state index in [-0.39, 0.29) is 17.6 Å². The summed E-state index contributed by atoms with van der Waals surface area (Å²) < 4.78 is 26.9. The van der Waals surface area contributed by atoms with Gasteiger partial charge in [0.1, 0.15) is 0 Å². The van der Waals surface area contributed by atoms with Gasteiger partial charge in [-0.2, -0.15) is 0 Å². The van der Waals surface area contributed by atoms with E-state index in [0.29, 0.717) is 48.5 Å². The Bertz CT molecular complexity index is 805. The van der Waals surface area contributed by atoms with Crippen molar-refractivity contribution < 1.29 is 13.2 Å². The largest absolute Gasteiger partial charge is 0.353 e. The molecular weight excluding hydrogens is 384 g/mol. The first-order valence-corrected chi connectivity index (χ1v) is 11.9. The number of nitrogens with one attached hydrogen (secondary N) is 1. The molecule has 3 atom stereocenters. The molecule has 2 aliphatic carbocycles. The number of fused-ring (bicyclic) bond motifs is 2. The van der Waals surface area contributed by atoms with Crippen molar-refractivity contribution in [2.45, 2.75) is 50.3 Å². The van der Waals surface area contributed by atoms with Gasteiger partial charge in [0.25, 0.3) is 0 Å². The second-order valence-electron chi connectivity index (χ2n) is 8.35. The molecule has 148 valence electrons. The van der Waals surface area contributed by atoms with E-state index in [2.05, 4.69) is 5.32 Å². The number of benzene rings is 1. The van der Waals surface area contributed by atoms with Crippen molar-refractivity contribution in [2.24, 2.45) is 17.8 Å². The van der Waals surface area contributed by atoms with E-state index in [4.69, 9.17) is 11.6 Å². The van der Waals surface area contributed by atoms with Crippen molar-refractivity contribution in [1.82, 2.24) is 9.62 Å². The van der Waals surface area contributed by atoms with E-state index in [1.807, 2.05) is 0 Å². The molecule has 1 amide bonds. The highest BCUT2D eigenvalue weighted by atomic mass is 35.5. The van der Waals surface area contributed by atoms with Crippen LogP contribution in [0.3, 0.4) is 0 Å². The summed E-state index contributed by atoms with van der Waals surface area (Å²) in [4.78, 5) is 12.6. The molecule has 3 fully saturated rings. The van der Waals surface area contributed by atoms with Gasteiger partial charge in [-0.1, -0.05) is 30.2 Å². The van der Waals surface area contributed by atoms with Crippen LogP contribution in [0.25, 0.3) is 0 Å². The second kappa shape index (κ2) is 7.72. The molecule has 1 aromatic rings. The first-order chi connectivity index (χ1) is 12.9. The summed E-state index contributed by atoms with van der Waals surface area (Å²) in [6.07, 6.45) is 6.16. The Hall–Kier alpha value is -1.11. The molecule has 0 radical (unpaired) electrons. The molecule has 4 rings (SSSR count). The fourth-order valence-corrected chi connectivity index (χ4v) is 6.81. The molecule has 2 saturated carbocycles. The van der Waals surface area contributed by atoms with Crippen LogP contribution in [0.15, 0.2) is 24.3 Å². The summed E-state index contributed by atoms with van der Waals surface area (Å²) in [6, 6.07) is 7.31. The van der Waals surface area contributed by atoms with E-state index in [9.17, 15) is 13.2 Å². The molecule has 2 bridgehead atoms. The van der Waals surface area contributed by atoms with Crippen LogP contribution in [-0.2, 0) is 20.6 Å². The maximum atomic E-state index is 12.7. The fourth-order valence-electron chi connectivity index (χ4n) is 5.05. The molecule has 1 saturated heterocycles. The maximum Gasteiger partial charge on any atom is 0.223 e. The Labute approximate surface area is 166 Å². The lowest BCUT2D eigenvalue weighted by Crippen LogP contribution is -2.46. The van der Waals surface area contributed by atoms with Crippen LogP contribution in [0.5, 0.6) is 0 Å². The normalized spacial score (nSPS) is 29.1. The van der Waals surface area contributed by atoms with Gasteiger partial charge in [-0.05, 0) is 61.6 Å². The summed E-state index contributed by atoms with van der Waals surface area (Å²) in [5.74, 6) is 1.48. The highest BCUT2D eigenvalue weighted by molar-refractivity contribution is 7.88. The number of hydrogen-bond donors (Lipinski definition) is 1. The average Bonchev–Trinajstić information content (AvgIpc) is 3.24. The summed E-state index contributed by atoms with van der Waals surface area (Å²) in [7, 11) is -3.39. The zero-order chi connectivity index (χ0) is 19.0. The van der Waals surface area contributed by atoms with Crippen LogP contribution in [0.2, 0.25) is 5.02 Å². The van der Waals surface area contributed by atoms with Crippen LogP contribution in [-0.4, -0.2) is 37.8 Å². The predicted molar refractivity (Wildman–Crippen MR) is 106 cm³/mol. The van der Waals surface area contributed by atoms with Gasteiger partial charge >= 0.3 is 0 Å². The molecule has 0 spiro atoms. The molecule has 27 heavy (non-hydrogen) atoms. The van der Waals surface area contributed by atoms with Gasteiger partial charge in [-0.15, -0.1) is 0 Å². The zero-order valence-corrected chi connectivity index (χ0v) is 17.0. The lowest BCUT2D eigenvalue weighted by molar-refractivity contribution is -0.127. The van der Waals surface area contributed by atoms with E-state index in [1.54, 1.807) is 24.3 Å². The lowest BCUT2D eigenvalue weighted by atomic mass is 9.93. The summed E-state index contributed by atoms with van der Waals surface area (Å²) in [5, 5.41) is 3.80. The van der Waals surface area contributed by atoms with E-state index in [1.165, 1.54) is 23.6 Å². The lowest BCUT2D eigenvalue weighted by Gasteiger charge is -2.32. The number of carbonyl (C=O) groups excluding carboxylic acids is 1. The van der Waals surface area contributed by atoms with Crippen molar-refractivity contribution in [3.05, 3.63) is 34.9 Å². The van der Waals surface area contributed by atoms with Crippen molar-refractivity contribution in [1.29, 1.82) is 0 Å². The Morgan fingerprint density at radius 1 is 1.15 bits per heavy atom. The molecule has 1 N–H and O–H groups in total. The third kappa shape index (κ3) is 4.33. The first kappa shape index (κ1) is 19.2. The highest BCUT2D eigenvalue weighted by Crippen LogP contribution is 2.44. The number of sulfonamides is 1. The monoisotopic (exact) mass is 410 g/mol. The van der Waals surface area contributed by atoms with Crippen molar-refractivity contribution in [3.63, 3.8) is 0 Å². The Balaban J connectivity index is 1.29. The van der Waals surface area contributed by atoms with Crippen LogP contribution < -0.4 is 5.32 Å². The van der Waals surface area contributed by atoms with Crippen LogP contribution in [0.1, 0.15) is 44.1 Å². The molecule has 0 aromatic heterocycles. The molecule has 0 unspecified atom stereocenters. The summed E-state index contributed by atoms with van der Waals surface area (Å²) >= 11 is 5.95. The summed E-state index contributed by atoms with van der Waals surface area (Å²) in [6.45, 7) is 0.829. The number of carbonyl (C=O) groups is 1. The van der Waals surface area contributed by atoms with Gasteiger partial charge in [-0.25, -0.2) is 12.7 Å². The first-order valence-electron chi connectivity index (χ1n) is 9.93. The number of hydrogen-bond acceptors (Lipinski definition) is 3. The molecule has 1 heterocycles. The van der Waals surface area contributed by atoms with Gasteiger partial charge in [0, 0.05) is 30.1 Å². The van der Waals surface area contributed by atoms with Crippen molar-refractivity contribution >= 4 is 27.5 Å². The minimum absolute atomic E-state index is 0.0461. The third-order valence-corrected chi connectivity index (χ3v) is 8.61. The topological polar surface area (TPSA) is 66.5 Å². The minimum Gasteiger partial charge on any atom is -0.353 e. The minimum atomic E-state index is -3.39. The van der Waals surface area contributed by atoms with E-state index in [0.717, 1.165) is 12.3 Å². The predicted octanol–water partition coefficient (Wildman–Crippen LogP) is 3.19. The number of nitrogens with zero attached hydrogens (tertiary/aromatic N) is 1. The third-order valence-electron chi connectivity index (χ3n) is 6.52. The number of amides is 1. The molecule has 1 aromatic carbocycles. The molecule has 3 aliphatic rings. The van der Waals surface area contributed by atoms with Crippen molar-refractivity contribution in [3.8, 4) is 0 Å². The SMILES string of the molecule is O=C(N[C@H]1C[C@@H]2CC[C@@H]1C2)C1CCN(S(=O)(=O)Cc2cccc(Cl)c2)CC1. The fraction of sp³-hybridized carbons (Fsp3) is 0.650. The van der Waals surface area contributed by atoms with E-state index >= 15 is 0 Å². The average molecular weight is 411 g/mol. The van der Waals surface area contributed by atoms with Gasteiger partial charge in [-0.3, -0.25) is 4.79 Å². The Morgan fingerprint density at radius 2 is 1.93 bits per heavy atom. The van der Waals surface area contributed by atoms with Gasteiger partial charge in [0.05, 0.1) is 5.75 Å². The zero-order valence-electron chi connectivity index (χ0n) is 15.4. The molecule has 5 nitrogen and oxygen atoms in total. The number of rotatable bonds is 5. The Kier molecular flexibility index (Phi) is 5.50. The van der Waals surface area contributed by atoms with Crippen molar-refractivity contribution in [2.75, 3.05) is 13.1 Å². The maximum absolute atomic E-state index is 12.7. The van der Waals surface area contributed by atoms with Crippen LogP contribution in [0, 0.1) is 17.8 Å². The second-order valence-corrected chi connectivity index (χ2v) is 10.8. The van der Waals surface area contributed by atoms with E-state index < -0.39 is 10.0 Å². The summed E-state index contributed by atoms with van der Waals surface area (Å²) in [5.41, 5.74) is 0.693. The number of halogens is 1. The smallest absolute Gasteiger partial charge is 0.223 e. The number of piperidine rings is 1. The van der Waals surface area contributed by atoms with Gasteiger partial charge in [0.2, 0.25) is 15.9 Å². The molecule has 7 heteroatoms. The highest BCUT2D eigenvalue weighted by Gasteiger charge is 2.41. The van der Waals surface area contributed by atoms with Gasteiger partial charge < -0.3 is 5.32 Å². The Morgan fingerprint density at radius 3 is 2.56 bits per heavy atom. The van der Waals surface area contributed by atoms with Gasteiger partial charge in [0.15, 0.2) is 0 Å². The standard InChI is InChI=1S/C20H27ClN2O3S/c21-18-3-1-2-15(11-18)13-27(25,26)23-8-6-16(7-9-23)20(24)22-19-12-14-4-5-17(19)10-14/h1-3,11,14,16-17,19H,4-10,12-13H2,(H,22,24)/t14-,17-,19+/m1/s1. The molecular formula is C20H27ClN2O3S. The molecule has 1 aliphatic heterocycles. The van der Waals surface area contributed by atoms with Crippen LogP contribution >= 0.6 is 11.6 Å². The quantitative estimate of drug-likeness (QED) is 0.810.